The largest absolute Gasteiger partial charge is 0.418 e. The van der Waals surface area contributed by atoms with Crippen molar-refractivity contribution in [3.63, 3.8) is 0 Å². The highest BCUT2D eigenvalue weighted by Gasteiger charge is 2.34. The number of carbonyl (C=O) groups excluding carboxylic acids is 1. The molecule has 0 saturated carbocycles. The minimum absolute atomic E-state index is 0.375. The molecule has 0 aliphatic carbocycles. The molecule has 30 heavy (non-hydrogen) atoms. The number of nitrogens with one attached hydrogen (secondary N) is 1. The number of amides is 1. The molecule has 0 unspecified atom stereocenters. The minimum atomic E-state index is -4.62. The summed E-state index contributed by atoms with van der Waals surface area (Å²) in [7, 11) is 0. The molecular formula is C22H20F3N3O2. The Morgan fingerprint density at radius 2 is 1.73 bits per heavy atom. The molecule has 1 N–H and O–H groups in total. The van der Waals surface area contributed by atoms with Gasteiger partial charge in [-0.1, -0.05) is 24.3 Å². The van der Waals surface area contributed by atoms with E-state index in [0.29, 0.717) is 5.69 Å². The number of alkyl halides is 3. The van der Waals surface area contributed by atoms with Gasteiger partial charge in [-0.05, 0) is 56.2 Å². The van der Waals surface area contributed by atoms with E-state index in [0.717, 1.165) is 33.5 Å². The molecule has 0 saturated heterocycles. The first kappa shape index (κ1) is 21.3. The zero-order valence-electron chi connectivity index (χ0n) is 16.6. The normalized spacial score (nSPS) is 12.5. The van der Waals surface area contributed by atoms with Gasteiger partial charge in [0.2, 0.25) is 5.91 Å². The summed E-state index contributed by atoms with van der Waals surface area (Å²) in [5.74, 6) is -0.779. The minimum Gasteiger partial charge on any atom is -0.324 e. The van der Waals surface area contributed by atoms with Crippen molar-refractivity contribution in [1.82, 2.24) is 9.78 Å². The van der Waals surface area contributed by atoms with Crippen LogP contribution in [0.25, 0.3) is 11.3 Å². The van der Waals surface area contributed by atoms with Crippen molar-refractivity contribution in [3.8, 4) is 11.3 Å². The molecule has 156 valence electrons. The third-order valence-corrected chi connectivity index (χ3v) is 4.86. The van der Waals surface area contributed by atoms with Crippen LogP contribution < -0.4 is 10.9 Å². The second kappa shape index (κ2) is 8.14. The van der Waals surface area contributed by atoms with E-state index < -0.39 is 29.2 Å². The highest BCUT2D eigenvalue weighted by molar-refractivity contribution is 5.94. The van der Waals surface area contributed by atoms with Crippen molar-refractivity contribution < 1.29 is 18.0 Å². The van der Waals surface area contributed by atoms with Crippen molar-refractivity contribution in [3.05, 3.63) is 81.6 Å². The first-order chi connectivity index (χ1) is 14.1. The molecular weight excluding hydrogens is 395 g/mol. The number of anilines is 1. The second-order valence-corrected chi connectivity index (χ2v) is 7.01. The van der Waals surface area contributed by atoms with Crippen LogP contribution in [0.2, 0.25) is 0 Å². The van der Waals surface area contributed by atoms with Gasteiger partial charge in [-0.15, -0.1) is 0 Å². The number of hydrogen-bond acceptors (Lipinski definition) is 3. The third kappa shape index (κ3) is 4.42. The predicted octanol–water partition coefficient (Wildman–Crippen LogP) is 4.75. The Labute approximate surface area is 171 Å². The maximum absolute atomic E-state index is 13.2. The average Bonchev–Trinajstić information content (AvgIpc) is 2.69. The molecule has 0 aliphatic heterocycles. The number of halogens is 3. The van der Waals surface area contributed by atoms with E-state index in [2.05, 4.69) is 10.4 Å². The number of nitrogens with zero attached hydrogens (tertiary/aromatic N) is 2. The number of carbonyl (C=O) groups is 1. The summed E-state index contributed by atoms with van der Waals surface area (Å²) in [5.41, 5.74) is 1.52. The Morgan fingerprint density at radius 3 is 2.40 bits per heavy atom. The Hall–Kier alpha value is -3.42. The van der Waals surface area contributed by atoms with Crippen LogP contribution >= 0.6 is 0 Å². The lowest BCUT2D eigenvalue weighted by Crippen LogP contribution is -2.33. The number of para-hydroxylation sites is 1. The monoisotopic (exact) mass is 415 g/mol. The molecule has 1 amide bonds. The van der Waals surface area contributed by atoms with E-state index in [-0.39, 0.29) is 5.69 Å². The van der Waals surface area contributed by atoms with Gasteiger partial charge in [0.05, 0.1) is 16.9 Å². The highest BCUT2D eigenvalue weighted by atomic mass is 19.4. The van der Waals surface area contributed by atoms with Gasteiger partial charge in [-0.2, -0.15) is 18.3 Å². The van der Waals surface area contributed by atoms with Gasteiger partial charge < -0.3 is 5.32 Å². The molecule has 1 aromatic heterocycles. The SMILES string of the molecule is Cc1ccc(-c2ccc(=O)n([C@H](C)C(=O)Nc3ccccc3C(F)(F)F)n2)cc1C. The Kier molecular flexibility index (Phi) is 5.78. The van der Waals surface area contributed by atoms with Crippen molar-refractivity contribution >= 4 is 11.6 Å². The Bertz CT molecular complexity index is 1150. The van der Waals surface area contributed by atoms with E-state index in [1.807, 2.05) is 32.0 Å². The molecule has 0 aliphatic rings. The van der Waals surface area contributed by atoms with Crippen LogP contribution in [0.4, 0.5) is 18.9 Å². The molecule has 0 fully saturated rings. The molecule has 3 aromatic rings. The number of aromatic nitrogens is 2. The molecule has 3 rings (SSSR count). The summed E-state index contributed by atoms with van der Waals surface area (Å²) in [6.07, 6.45) is -4.62. The second-order valence-electron chi connectivity index (χ2n) is 7.01. The van der Waals surface area contributed by atoms with Gasteiger partial charge in [0.15, 0.2) is 0 Å². The van der Waals surface area contributed by atoms with Crippen molar-refractivity contribution in [2.75, 3.05) is 5.32 Å². The number of hydrogen-bond donors (Lipinski definition) is 1. The van der Waals surface area contributed by atoms with Crippen LogP contribution in [-0.2, 0) is 11.0 Å². The van der Waals surface area contributed by atoms with Crippen LogP contribution in [0.1, 0.15) is 29.7 Å². The van der Waals surface area contributed by atoms with Crippen LogP contribution in [0.5, 0.6) is 0 Å². The Balaban J connectivity index is 1.92. The summed E-state index contributed by atoms with van der Waals surface area (Å²) in [5, 5.41) is 6.53. The summed E-state index contributed by atoms with van der Waals surface area (Å²) in [6, 6.07) is 12.1. The lowest BCUT2D eigenvalue weighted by atomic mass is 10.0. The third-order valence-electron chi connectivity index (χ3n) is 4.86. The lowest BCUT2D eigenvalue weighted by Gasteiger charge is -2.17. The molecule has 1 atom stereocenters. The van der Waals surface area contributed by atoms with E-state index in [1.54, 1.807) is 6.07 Å². The molecule has 2 aromatic carbocycles. The standard InChI is InChI=1S/C22H20F3N3O2/c1-13-8-9-16(12-14(13)2)18-10-11-20(29)28(27-18)15(3)21(30)26-19-7-5-4-6-17(19)22(23,24)25/h4-12,15H,1-3H3,(H,26,30)/t15-/m1/s1. The molecule has 8 heteroatoms. The van der Waals surface area contributed by atoms with Crippen LogP contribution in [0.15, 0.2) is 59.4 Å². The fourth-order valence-corrected chi connectivity index (χ4v) is 2.94. The average molecular weight is 415 g/mol. The van der Waals surface area contributed by atoms with Gasteiger partial charge in [0.1, 0.15) is 6.04 Å². The lowest BCUT2D eigenvalue weighted by molar-refractivity contribution is -0.137. The first-order valence-electron chi connectivity index (χ1n) is 9.22. The van der Waals surface area contributed by atoms with E-state index in [9.17, 15) is 22.8 Å². The Morgan fingerprint density at radius 1 is 1.03 bits per heavy atom. The highest BCUT2D eigenvalue weighted by Crippen LogP contribution is 2.34. The van der Waals surface area contributed by atoms with E-state index in [1.165, 1.54) is 25.1 Å². The van der Waals surface area contributed by atoms with E-state index >= 15 is 0 Å². The fourth-order valence-electron chi connectivity index (χ4n) is 2.94. The van der Waals surface area contributed by atoms with Crippen molar-refractivity contribution in [2.24, 2.45) is 0 Å². The molecule has 5 nitrogen and oxygen atoms in total. The first-order valence-corrected chi connectivity index (χ1v) is 9.22. The molecule has 1 heterocycles. The van der Waals surface area contributed by atoms with Gasteiger partial charge in [-0.25, -0.2) is 4.68 Å². The summed E-state index contributed by atoms with van der Waals surface area (Å²) in [4.78, 5) is 24.9. The maximum Gasteiger partial charge on any atom is 0.418 e. The zero-order valence-corrected chi connectivity index (χ0v) is 16.6. The van der Waals surface area contributed by atoms with Gasteiger partial charge in [0, 0.05) is 11.6 Å². The van der Waals surface area contributed by atoms with Crippen molar-refractivity contribution in [1.29, 1.82) is 0 Å². The molecule has 0 spiro atoms. The van der Waals surface area contributed by atoms with Gasteiger partial charge >= 0.3 is 6.18 Å². The van der Waals surface area contributed by atoms with Crippen LogP contribution in [0, 0.1) is 13.8 Å². The number of aryl methyl sites for hydroxylation is 2. The summed E-state index contributed by atoms with van der Waals surface area (Å²) < 4.78 is 40.5. The van der Waals surface area contributed by atoms with E-state index in [4.69, 9.17) is 0 Å². The van der Waals surface area contributed by atoms with Gasteiger partial charge in [0.25, 0.3) is 5.56 Å². The van der Waals surface area contributed by atoms with Crippen LogP contribution in [-0.4, -0.2) is 15.7 Å². The number of rotatable bonds is 4. The quantitative estimate of drug-likeness (QED) is 0.669. The number of benzene rings is 2. The van der Waals surface area contributed by atoms with Crippen LogP contribution in [0.3, 0.4) is 0 Å². The molecule has 0 radical (unpaired) electrons. The summed E-state index contributed by atoms with van der Waals surface area (Å²) >= 11 is 0. The predicted molar refractivity (Wildman–Crippen MR) is 108 cm³/mol. The zero-order chi connectivity index (χ0) is 22.1. The smallest absolute Gasteiger partial charge is 0.324 e. The fraction of sp³-hybridized carbons (Fsp3) is 0.227. The summed E-state index contributed by atoms with van der Waals surface area (Å²) in [6.45, 7) is 5.33. The van der Waals surface area contributed by atoms with Crippen molar-refractivity contribution in [2.45, 2.75) is 33.0 Å². The maximum atomic E-state index is 13.2. The topological polar surface area (TPSA) is 64.0 Å². The van der Waals surface area contributed by atoms with Gasteiger partial charge in [-0.3, -0.25) is 9.59 Å². The molecule has 0 bridgehead atoms.